The number of methoxy groups -OCH3 is 1. The Morgan fingerprint density at radius 2 is 2.17 bits per heavy atom. The first-order valence-corrected chi connectivity index (χ1v) is 8.10. The molecule has 124 valence electrons. The summed E-state index contributed by atoms with van der Waals surface area (Å²) in [7, 11) is 3.91. The summed E-state index contributed by atoms with van der Waals surface area (Å²) < 4.78 is 11.8. The van der Waals surface area contributed by atoms with Gasteiger partial charge in [-0.3, -0.25) is 0 Å². The second kappa shape index (κ2) is 5.10. The van der Waals surface area contributed by atoms with Gasteiger partial charge in [0.15, 0.2) is 11.5 Å². The highest BCUT2D eigenvalue weighted by Gasteiger charge is 2.64. The summed E-state index contributed by atoms with van der Waals surface area (Å²) in [6.07, 6.45) is 5.54. The molecule has 5 rings (SSSR count). The van der Waals surface area contributed by atoms with E-state index in [1.165, 1.54) is 11.1 Å². The number of halogens is 1. The number of hydrogen-bond acceptors (Lipinski definition) is 4. The average molecular weight is 427 g/mol. The summed E-state index contributed by atoms with van der Waals surface area (Å²) >= 11 is 0. The first-order chi connectivity index (χ1) is 10.7. The molecule has 0 saturated carbocycles. The number of likely N-dealkylation sites (tertiary alicyclic amines) is 1. The van der Waals surface area contributed by atoms with Crippen molar-refractivity contribution in [3.05, 3.63) is 35.4 Å². The van der Waals surface area contributed by atoms with Gasteiger partial charge in [-0.2, -0.15) is 0 Å². The highest BCUT2D eigenvalue weighted by molar-refractivity contribution is 14.0. The molecular formula is C18H22INO3. The summed E-state index contributed by atoms with van der Waals surface area (Å²) in [5, 5.41) is 10.6. The van der Waals surface area contributed by atoms with Crippen molar-refractivity contribution >= 4 is 24.0 Å². The maximum absolute atomic E-state index is 10.6. The summed E-state index contributed by atoms with van der Waals surface area (Å²) in [6, 6.07) is 4.70. The average Bonchev–Trinajstić information content (AvgIpc) is 2.88. The third-order valence-electron chi connectivity index (χ3n) is 6.35. The molecule has 5 atom stereocenters. The van der Waals surface area contributed by atoms with Gasteiger partial charge < -0.3 is 19.5 Å². The molecule has 1 spiro atoms. The number of benzene rings is 1. The normalized spacial score (nSPS) is 39.3. The Labute approximate surface area is 153 Å². The Kier molecular flexibility index (Phi) is 3.49. The number of hydrogen-bond donors (Lipinski definition) is 1. The largest absolute Gasteiger partial charge is 0.493 e. The minimum Gasteiger partial charge on any atom is -0.493 e. The van der Waals surface area contributed by atoms with E-state index in [0.717, 1.165) is 30.9 Å². The van der Waals surface area contributed by atoms with Crippen LogP contribution in [0.2, 0.25) is 0 Å². The van der Waals surface area contributed by atoms with E-state index in [1.54, 1.807) is 7.11 Å². The van der Waals surface area contributed by atoms with Crippen LogP contribution in [0.4, 0.5) is 0 Å². The maximum atomic E-state index is 10.6. The molecule has 2 aliphatic carbocycles. The van der Waals surface area contributed by atoms with Gasteiger partial charge in [-0.1, -0.05) is 18.2 Å². The lowest BCUT2D eigenvalue weighted by Gasteiger charge is -2.56. The Hall–Kier alpha value is -0.790. The first kappa shape index (κ1) is 15.7. The van der Waals surface area contributed by atoms with Crippen LogP contribution in [0, 0.1) is 5.92 Å². The van der Waals surface area contributed by atoms with Crippen molar-refractivity contribution in [1.82, 2.24) is 4.90 Å². The molecule has 1 fully saturated rings. The molecule has 5 heteroatoms. The zero-order chi connectivity index (χ0) is 15.1. The van der Waals surface area contributed by atoms with Crippen molar-refractivity contribution in [2.75, 3.05) is 20.7 Å². The third-order valence-corrected chi connectivity index (χ3v) is 6.35. The summed E-state index contributed by atoms with van der Waals surface area (Å²) in [4.78, 5) is 2.47. The van der Waals surface area contributed by atoms with E-state index in [4.69, 9.17) is 9.47 Å². The topological polar surface area (TPSA) is 41.9 Å². The summed E-state index contributed by atoms with van der Waals surface area (Å²) in [5.41, 5.74) is 2.60. The van der Waals surface area contributed by atoms with Gasteiger partial charge in [0.05, 0.1) is 7.11 Å². The Morgan fingerprint density at radius 3 is 2.96 bits per heavy atom. The van der Waals surface area contributed by atoms with E-state index in [2.05, 4.69) is 24.1 Å². The molecule has 23 heavy (non-hydrogen) atoms. The number of ether oxygens (including phenoxy) is 2. The molecule has 4 aliphatic rings. The van der Waals surface area contributed by atoms with Crippen LogP contribution >= 0.6 is 24.0 Å². The number of aliphatic hydroxyl groups is 1. The lowest BCUT2D eigenvalue weighted by Crippen LogP contribution is -2.64. The minimum atomic E-state index is -0.539. The van der Waals surface area contributed by atoms with Gasteiger partial charge >= 0.3 is 0 Å². The number of rotatable bonds is 1. The van der Waals surface area contributed by atoms with Crippen LogP contribution in [0.1, 0.15) is 17.5 Å². The second-order valence-electron chi connectivity index (χ2n) is 7.11. The maximum Gasteiger partial charge on any atom is 0.165 e. The molecule has 0 radical (unpaired) electrons. The highest BCUT2D eigenvalue weighted by Crippen LogP contribution is 2.62. The molecular weight excluding hydrogens is 405 g/mol. The van der Waals surface area contributed by atoms with Gasteiger partial charge in [-0.25, -0.2) is 0 Å². The fourth-order valence-corrected chi connectivity index (χ4v) is 5.39. The van der Waals surface area contributed by atoms with Gasteiger partial charge in [-0.05, 0) is 38.1 Å². The van der Waals surface area contributed by atoms with E-state index < -0.39 is 6.10 Å². The van der Waals surface area contributed by atoms with Crippen LogP contribution in [0.15, 0.2) is 24.3 Å². The van der Waals surface area contributed by atoms with Crippen molar-refractivity contribution in [1.29, 1.82) is 0 Å². The van der Waals surface area contributed by atoms with Crippen LogP contribution in [0.3, 0.4) is 0 Å². The first-order valence-electron chi connectivity index (χ1n) is 8.10. The predicted molar refractivity (Wildman–Crippen MR) is 97.9 cm³/mol. The molecule has 2 aliphatic heterocycles. The number of piperidine rings is 1. The van der Waals surface area contributed by atoms with Crippen molar-refractivity contribution in [2.45, 2.75) is 36.5 Å². The molecule has 2 heterocycles. The Bertz CT molecular complexity index is 691. The fourth-order valence-electron chi connectivity index (χ4n) is 5.39. The number of aliphatic hydroxyl groups excluding tert-OH is 1. The summed E-state index contributed by atoms with van der Waals surface area (Å²) in [5.74, 6) is 2.09. The Balaban J connectivity index is 0.00000135. The zero-order valence-corrected chi connectivity index (χ0v) is 15.7. The van der Waals surface area contributed by atoms with E-state index in [-0.39, 0.29) is 35.5 Å². The van der Waals surface area contributed by atoms with Crippen LogP contribution in [0.25, 0.3) is 0 Å². The molecule has 1 saturated heterocycles. The van der Waals surface area contributed by atoms with E-state index in [1.807, 2.05) is 12.1 Å². The lowest BCUT2D eigenvalue weighted by atomic mass is 9.53. The molecule has 0 aromatic heterocycles. The van der Waals surface area contributed by atoms with E-state index in [9.17, 15) is 5.11 Å². The highest BCUT2D eigenvalue weighted by atomic mass is 127. The number of likely N-dealkylation sites (N-methyl/N-ethyl adjacent to an activating group) is 1. The molecule has 1 aromatic carbocycles. The van der Waals surface area contributed by atoms with Crippen LogP contribution < -0.4 is 9.47 Å². The molecule has 0 amide bonds. The van der Waals surface area contributed by atoms with Crippen LogP contribution in [-0.2, 0) is 11.8 Å². The van der Waals surface area contributed by atoms with Crippen molar-refractivity contribution in [2.24, 2.45) is 5.92 Å². The SMILES string of the molecule is COc1ccc2c3c1O[C@H]1[C@@H](O)C=C[C@H]4[C@H](C2)N(C)CC[C@@]341.I. The number of nitrogens with zero attached hydrogens (tertiary/aromatic N) is 1. The zero-order valence-electron chi connectivity index (χ0n) is 13.4. The van der Waals surface area contributed by atoms with Gasteiger partial charge in [0, 0.05) is 22.9 Å². The van der Waals surface area contributed by atoms with Crippen molar-refractivity contribution < 1.29 is 14.6 Å². The molecule has 2 bridgehead atoms. The van der Waals surface area contributed by atoms with E-state index in [0.29, 0.717) is 12.0 Å². The van der Waals surface area contributed by atoms with Gasteiger partial charge in [-0.15, -0.1) is 24.0 Å². The van der Waals surface area contributed by atoms with Crippen molar-refractivity contribution in [3.63, 3.8) is 0 Å². The molecule has 1 aromatic rings. The summed E-state index contributed by atoms with van der Waals surface area (Å²) in [6.45, 7) is 1.05. The Morgan fingerprint density at radius 1 is 1.35 bits per heavy atom. The minimum absolute atomic E-state index is 0. The predicted octanol–water partition coefficient (Wildman–Crippen LogP) is 2.12. The molecule has 0 unspecified atom stereocenters. The van der Waals surface area contributed by atoms with Gasteiger partial charge in [0.2, 0.25) is 0 Å². The van der Waals surface area contributed by atoms with Crippen LogP contribution in [0.5, 0.6) is 11.5 Å². The third kappa shape index (κ3) is 1.73. The molecule has 1 N–H and O–H groups in total. The fraction of sp³-hybridized carbons (Fsp3) is 0.556. The monoisotopic (exact) mass is 427 g/mol. The van der Waals surface area contributed by atoms with Gasteiger partial charge in [0.25, 0.3) is 0 Å². The second-order valence-corrected chi connectivity index (χ2v) is 7.11. The van der Waals surface area contributed by atoms with Gasteiger partial charge in [0.1, 0.15) is 12.2 Å². The smallest absolute Gasteiger partial charge is 0.165 e. The van der Waals surface area contributed by atoms with Crippen molar-refractivity contribution in [3.8, 4) is 11.5 Å². The van der Waals surface area contributed by atoms with E-state index >= 15 is 0 Å². The quantitative estimate of drug-likeness (QED) is 0.551. The van der Waals surface area contributed by atoms with Crippen LogP contribution in [-0.4, -0.2) is 49.0 Å². The standard InChI is InChI=1S/C18H21NO3.HI/c1-19-8-7-18-11-4-5-13(20)17(18)22-16-14(21-2)6-3-10(15(16)18)9-12(11)19;/h3-6,11-13,17,20H,7-9H2,1-2H3;1H/t11-,12-,13-,17-,18-;/m0./s1. The lowest BCUT2D eigenvalue weighted by molar-refractivity contribution is -0.0453. The molecule has 4 nitrogen and oxygen atoms in total.